The first-order valence-electron chi connectivity index (χ1n) is 15.1. The minimum Gasteiger partial charge on any atom is -0.346 e. The van der Waals surface area contributed by atoms with E-state index in [1.807, 2.05) is 59.5 Å². The fourth-order valence-corrected chi connectivity index (χ4v) is 6.79. The van der Waals surface area contributed by atoms with Crippen LogP contribution in [0.3, 0.4) is 0 Å². The summed E-state index contributed by atoms with van der Waals surface area (Å²) in [4.78, 5) is 0.292. The van der Waals surface area contributed by atoms with Gasteiger partial charge in [0.25, 0.3) is 0 Å². The Bertz CT molecular complexity index is 1030. The predicted octanol–water partition coefficient (Wildman–Crippen LogP) is 9.31. The van der Waals surface area contributed by atoms with Crippen LogP contribution in [0.15, 0.2) is 54.6 Å². The Morgan fingerprint density at radius 1 is 0.684 bits per heavy atom. The molecule has 0 aliphatic carbocycles. The van der Waals surface area contributed by atoms with E-state index in [1.165, 1.54) is 83.5 Å². The number of benzene rings is 2. The van der Waals surface area contributed by atoms with Crippen molar-refractivity contribution in [3.8, 4) is 0 Å². The molecule has 2 aromatic carbocycles. The second-order valence-electron chi connectivity index (χ2n) is 11.0. The van der Waals surface area contributed by atoms with Gasteiger partial charge >= 0.3 is 10.1 Å². The minimum atomic E-state index is -4.41. The van der Waals surface area contributed by atoms with Crippen molar-refractivity contribution in [3.05, 3.63) is 60.2 Å². The van der Waals surface area contributed by atoms with Crippen molar-refractivity contribution in [3.63, 3.8) is 0 Å². The van der Waals surface area contributed by atoms with E-state index in [4.69, 9.17) is 0 Å². The summed E-state index contributed by atoms with van der Waals surface area (Å²) in [6.45, 7) is 2.68. The summed E-state index contributed by atoms with van der Waals surface area (Å²) < 4.78 is 36.2. The third kappa shape index (κ3) is 9.01. The number of fused-ring (bicyclic) bond motifs is 1. The summed E-state index contributed by atoms with van der Waals surface area (Å²) >= 11 is 0. The molecule has 3 rings (SSSR count). The number of anilines is 2. The quantitative estimate of drug-likeness (QED) is 0.129. The van der Waals surface area contributed by atoms with Crippen LogP contribution in [0.1, 0.15) is 122 Å². The fourth-order valence-electron chi connectivity index (χ4n) is 5.71. The van der Waals surface area contributed by atoms with E-state index >= 15 is 0 Å². The zero-order chi connectivity index (χ0) is 27.1. The lowest BCUT2D eigenvalue weighted by molar-refractivity contribution is 0.408. The van der Waals surface area contributed by atoms with Gasteiger partial charge in [0.05, 0.1) is 11.4 Å². The van der Waals surface area contributed by atoms with Crippen molar-refractivity contribution in [2.45, 2.75) is 128 Å². The van der Waals surface area contributed by atoms with Crippen LogP contribution in [0.25, 0.3) is 0 Å². The minimum absolute atomic E-state index is 0.339. The van der Waals surface area contributed by atoms with Crippen molar-refractivity contribution in [1.29, 1.82) is 0 Å². The van der Waals surface area contributed by atoms with E-state index < -0.39 is 15.1 Å². The van der Waals surface area contributed by atoms with Crippen LogP contribution in [-0.4, -0.2) is 18.0 Å². The van der Waals surface area contributed by atoms with Crippen LogP contribution >= 0.6 is 0 Å². The summed E-state index contributed by atoms with van der Waals surface area (Å²) in [5.41, 5.74) is 2.56. The lowest BCUT2D eigenvalue weighted by atomic mass is 10.0. The van der Waals surface area contributed by atoms with Crippen molar-refractivity contribution in [2.75, 3.05) is 10.2 Å². The zero-order valence-corrected chi connectivity index (χ0v) is 24.4. The summed E-state index contributed by atoms with van der Waals surface area (Å²) in [6, 6.07) is 17.4. The molecule has 1 unspecified atom stereocenters. The van der Waals surface area contributed by atoms with Crippen molar-refractivity contribution < 1.29 is 13.0 Å². The predicted molar refractivity (Wildman–Crippen MR) is 161 cm³/mol. The summed E-state index contributed by atoms with van der Waals surface area (Å²) in [6.07, 6.45) is 20.7. The molecule has 0 saturated carbocycles. The van der Waals surface area contributed by atoms with Gasteiger partial charge in [0.1, 0.15) is 0 Å². The van der Waals surface area contributed by atoms with E-state index in [-0.39, 0.29) is 0 Å². The molecular weight excluding hydrogens is 492 g/mol. The molecular formula is C32H50N2O3S. The number of hydrogen-bond acceptors (Lipinski definition) is 4. The van der Waals surface area contributed by atoms with E-state index in [0.29, 0.717) is 13.0 Å². The molecule has 5 nitrogen and oxygen atoms in total. The van der Waals surface area contributed by atoms with E-state index in [2.05, 4.69) is 12.2 Å². The summed E-state index contributed by atoms with van der Waals surface area (Å²) in [5, 5.41) is 3.20. The van der Waals surface area contributed by atoms with E-state index in [9.17, 15) is 13.0 Å². The Kier molecular flexibility index (Phi) is 13.0. The second kappa shape index (κ2) is 16.1. The Balaban J connectivity index is 1.39. The second-order valence-corrected chi connectivity index (χ2v) is 12.7. The van der Waals surface area contributed by atoms with Gasteiger partial charge in [-0.3, -0.25) is 4.55 Å². The van der Waals surface area contributed by atoms with Gasteiger partial charge in [-0.05, 0) is 24.1 Å². The molecule has 1 aliphatic heterocycles. The summed E-state index contributed by atoms with van der Waals surface area (Å²) in [5.74, 6) is 0. The molecule has 1 atom stereocenters. The maximum atomic E-state index is 12.9. The smallest absolute Gasteiger partial charge is 0.308 e. The van der Waals surface area contributed by atoms with Gasteiger partial charge in [-0.15, -0.1) is 0 Å². The molecule has 0 bridgehead atoms. The number of nitrogens with one attached hydrogen (secondary N) is 1. The first-order valence-corrected chi connectivity index (χ1v) is 16.6. The topological polar surface area (TPSA) is 69.6 Å². The molecule has 1 heterocycles. The van der Waals surface area contributed by atoms with Crippen molar-refractivity contribution in [2.24, 2.45) is 0 Å². The van der Waals surface area contributed by atoms with E-state index in [1.54, 1.807) is 0 Å². The summed E-state index contributed by atoms with van der Waals surface area (Å²) in [7, 11) is -4.41. The monoisotopic (exact) mass is 542 g/mol. The number of para-hydroxylation sites is 2. The Hall–Kier alpha value is -2.05. The molecule has 0 fully saturated rings. The molecule has 2 aromatic rings. The Labute approximate surface area is 232 Å². The van der Waals surface area contributed by atoms with Gasteiger partial charge in [0.2, 0.25) is 4.99 Å². The van der Waals surface area contributed by atoms with Crippen LogP contribution < -0.4 is 10.2 Å². The third-order valence-electron chi connectivity index (χ3n) is 7.94. The average Bonchev–Trinajstić information content (AvgIpc) is 3.23. The highest BCUT2D eigenvalue weighted by molar-refractivity contribution is 7.87. The molecule has 0 saturated heterocycles. The maximum absolute atomic E-state index is 12.9. The van der Waals surface area contributed by atoms with Gasteiger partial charge in [0.15, 0.2) is 0 Å². The van der Waals surface area contributed by atoms with Gasteiger partial charge in [-0.25, -0.2) is 0 Å². The fraction of sp³-hybridized carbons (Fsp3) is 0.625. The standard InChI is InChI=1S/C32H50N2O3S/c1-2-3-4-5-6-7-8-9-10-11-12-13-14-15-16-22-27-32(38(35,36)37)33-30-25-20-21-26-31(30)34(32)28-29-23-18-17-19-24-29/h17-21,23-26,33H,2-16,22,27-28H2,1H3,(H,35,36,37). The first kappa shape index (κ1) is 30.5. The lowest BCUT2D eigenvalue weighted by Crippen LogP contribution is -2.56. The van der Waals surface area contributed by atoms with Crippen LogP contribution in [0.4, 0.5) is 11.4 Å². The number of rotatable bonds is 20. The van der Waals surface area contributed by atoms with E-state index in [0.717, 1.165) is 36.2 Å². The van der Waals surface area contributed by atoms with Crippen molar-refractivity contribution >= 4 is 21.5 Å². The molecule has 0 amide bonds. The van der Waals surface area contributed by atoms with Crippen LogP contribution in [-0.2, 0) is 16.7 Å². The normalized spacial score (nSPS) is 16.9. The molecule has 212 valence electrons. The average molecular weight is 543 g/mol. The molecule has 0 radical (unpaired) electrons. The Morgan fingerprint density at radius 2 is 1.16 bits per heavy atom. The highest BCUT2D eigenvalue weighted by Crippen LogP contribution is 2.45. The maximum Gasteiger partial charge on any atom is 0.308 e. The highest BCUT2D eigenvalue weighted by atomic mass is 32.2. The number of nitrogens with zero attached hydrogens (tertiary/aromatic N) is 1. The number of unbranched alkanes of at least 4 members (excludes halogenated alkanes) is 15. The van der Waals surface area contributed by atoms with Crippen LogP contribution in [0, 0.1) is 0 Å². The highest BCUT2D eigenvalue weighted by Gasteiger charge is 2.52. The molecule has 6 heteroatoms. The lowest BCUT2D eigenvalue weighted by Gasteiger charge is -2.37. The molecule has 0 spiro atoms. The molecule has 38 heavy (non-hydrogen) atoms. The first-order chi connectivity index (χ1) is 18.5. The zero-order valence-electron chi connectivity index (χ0n) is 23.5. The van der Waals surface area contributed by atoms with Gasteiger partial charge in [-0.2, -0.15) is 8.42 Å². The van der Waals surface area contributed by atoms with Gasteiger partial charge < -0.3 is 10.2 Å². The molecule has 2 N–H and O–H groups in total. The SMILES string of the molecule is CCCCCCCCCCCCCCCCCCC1(S(=O)(=O)O)Nc2ccccc2N1Cc1ccccc1. The largest absolute Gasteiger partial charge is 0.346 e. The Morgan fingerprint density at radius 3 is 1.68 bits per heavy atom. The van der Waals surface area contributed by atoms with Crippen LogP contribution in [0.5, 0.6) is 0 Å². The van der Waals surface area contributed by atoms with Crippen molar-refractivity contribution in [1.82, 2.24) is 0 Å². The van der Waals surface area contributed by atoms with Crippen LogP contribution in [0.2, 0.25) is 0 Å². The van der Waals surface area contributed by atoms with Gasteiger partial charge in [-0.1, -0.05) is 146 Å². The molecule has 1 aliphatic rings. The number of hydrogen-bond donors (Lipinski definition) is 2. The molecule has 0 aromatic heterocycles. The van der Waals surface area contributed by atoms with Gasteiger partial charge in [0, 0.05) is 13.0 Å². The third-order valence-corrected chi connectivity index (χ3v) is 9.32.